The molecule has 0 aliphatic heterocycles. The second-order valence-electron chi connectivity index (χ2n) is 3.41. The van der Waals surface area contributed by atoms with E-state index in [9.17, 15) is 18.0 Å². The highest BCUT2D eigenvalue weighted by Crippen LogP contribution is 2.28. The van der Waals surface area contributed by atoms with Crippen LogP contribution in [-0.2, 0) is 4.79 Å². The van der Waals surface area contributed by atoms with Gasteiger partial charge >= 0.3 is 12.1 Å². The summed E-state index contributed by atoms with van der Waals surface area (Å²) in [5, 5.41) is 8.27. The average Bonchev–Trinajstić information content (AvgIpc) is 1.99. The Morgan fingerprint density at radius 1 is 1.40 bits per heavy atom. The van der Waals surface area contributed by atoms with Gasteiger partial charge in [-0.15, -0.1) is 0 Å². The van der Waals surface area contributed by atoms with Gasteiger partial charge in [0.05, 0.1) is 0 Å². The number of hydrogen-bond acceptors (Lipinski definition) is 2. The summed E-state index contributed by atoms with van der Waals surface area (Å²) in [4.78, 5) is 11.9. The maximum absolute atomic E-state index is 12.3. The molecule has 0 fully saturated rings. The fraction of sp³-hybridized carbons (Fsp3) is 0.667. The lowest BCUT2D eigenvalue weighted by atomic mass is 10.1. The van der Waals surface area contributed by atoms with Crippen molar-refractivity contribution in [2.24, 2.45) is 0 Å². The number of rotatable bonds is 5. The number of halogens is 3. The smallest absolute Gasteiger partial charge is 0.412 e. The van der Waals surface area contributed by atoms with E-state index in [4.69, 9.17) is 5.11 Å². The fourth-order valence-corrected chi connectivity index (χ4v) is 1.03. The highest BCUT2D eigenvalue weighted by atomic mass is 19.4. The summed E-state index contributed by atoms with van der Waals surface area (Å²) >= 11 is 0. The van der Waals surface area contributed by atoms with Crippen LogP contribution in [0, 0.1) is 0 Å². The summed E-state index contributed by atoms with van der Waals surface area (Å²) in [5.41, 5.74) is -0.989. The Balaban J connectivity index is 4.35. The fourth-order valence-electron chi connectivity index (χ4n) is 1.03. The Bertz CT molecular complexity index is 246. The molecule has 0 saturated carbocycles. The molecule has 0 amide bonds. The number of alkyl halides is 3. The monoisotopic (exact) mass is 225 g/mol. The second kappa shape index (κ2) is 5.75. The van der Waals surface area contributed by atoms with E-state index in [0.717, 1.165) is 0 Å². The molecule has 0 atom stereocenters. The first-order valence-corrected chi connectivity index (χ1v) is 4.39. The Labute approximate surface area is 86.2 Å². The summed E-state index contributed by atoms with van der Waals surface area (Å²) in [7, 11) is 3.49. The van der Waals surface area contributed by atoms with Crippen LogP contribution in [-0.4, -0.2) is 42.8 Å². The van der Waals surface area contributed by atoms with Crippen LogP contribution in [0.15, 0.2) is 11.6 Å². The first-order chi connectivity index (χ1) is 6.73. The lowest BCUT2D eigenvalue weighted by molar-refractivity contribution is -0.132. The van der Waals surface area contributed by atoms with Crippen molar-refractivity contribution in [3.63, 3.8) is 0 Å². The molecular weight excluding hydrogens is 211 g/mol. The molecule has 88 valence electrons. The maximum Gasteiger partial charge on any atom is 0.412 e. The van der Waals surface area contributed by atoms with Gasteiger partial charge in [0.1, 0.15) is 0 Å². The highest BCUT2D eigenvalue weighted by Gasteiger charge is 2.33. The zero-order chi connectivity index (χ0) is 12.1. The second-order valence-corrected chi connectivity index (χ2v) is 3.41. The van der Waals surface area contributed by atoms with E-state index in [1.807, 2.05) is 0 Å². The first-order valence-electron chi connectivity index (χ1n) is 4.39. The Kier molecular flexibility index (Phi) is 5.35. The van der Waals surface area contributed by atoms with Gasteiger partial charge in [-0.1, -0.05) is 0 Å². The normalized spacial score (nSPS) is 13.3. The van der Waals surface area contributed by atoms with Gasteiger partial charge in [-0.2, -0.15) is 13.2 Å². The Morgan fingerprint density at radius 3 is 2.27 bits per heavy atom. The van der Waals surface area contributed by atoms with Gasteiger partial charge in [0.2, 0.25) is 0 Å². The first kappa shape index (κ1) is 14.0. The third-order valence-corrected chi connectivity index (χ3v) is 1.71. The van der Waals surface area contributed by atoms with Crippen LogP contribution in [0.4, 0.5) is 13.2 Å². The average molecular weight is 225 g/mol. The number of carbonyl (C=O) groups is 1. The molecule has 0 spiro atoms. The van der Waals surface area contributed by atoms with Gasteiger partial charge in [-0.05, 0) is 33.5 Å². The van der Waals surface area contributed by atoms with Gasteiger partial charge in [0, 0.05) is 11.6 Å². The number of carboxylic acids is 1. The zero-order valence-corrected chi connectivity index (χ0v) is 8.64. The molecule has 3 nitrogen and oxygen atoms in total. The van der Waals surface area contributed by atoms with Crippen LogP contribution >= 0.6 is 0 Å². The van der Waals surface area contributed by atoms with Crippen molar-refractivity contribution in [1.29, 1.82) is 0 Å². The van der Waals surface area contributed by atoms with Crippen LogP contribution in [0.5, 0.6) is 0 Å². The van der Waals surface area contributed by atoms with E-state index in [1.54, 1.807) is 19.0 Å². The van der Waals surface area contributed by atoms with E-state index in [1.165, 1.54) is 0 Å². The maximum atomic E-state index is 12.3. The van der Waals surface area contributed by atoms with Crippen LogP contribution in [0.3, 0.4) is 0 Å². The molecule has 0 aliphatic carbocycles. The van der Waals surface area contributed by atoms with Gasteiger partial charge < -0.3 is 10.0 Å². The molecule has 6 heteroatoms. The predicted octanol–water partition coefficient (Wildman–Crippen LogP) is 1.90. The van der Waals surface area contributed by atoms with E-state index < -0.39 is 17.7 Å². The van der Waals surface area contributed by atoms with Crippen molar-refractivity contribution < 1.29 is 23.1 Å². The van der Waals surface area contributed by atoms with Crippen molar-refractivity contribution in [2.45, 2.75) is 19.0 Å². The topological polar surface area (TPSA) is 40.5 Å². The lowest BCUT2D eigenvalue weighted by Gasteiger charge is -2.13. The molecule has 0 radical (unpaired) electrons. The largest absolute Gasteiger partial charge is 0.478 e. The van der Waals surface area contributed by atoms with E-state index >= 15 is 0 Å². The van der Waals surface area contributed by atoms with E-state index in [-0.39, 0.29) is 18.9 Å². The summed E-state index contributed by atoms with van der Waals surface area (Å²) < 4.78 is 36.8. The molecule has 15 heavy (non-hydrogen) atoms. The van der Waals surface area contributed by atoms with E-state index in [2.05, 4.69) is 0 Å². The van der Waals surface area contributed by atoms with Gasteiger partial charge in [-0.25, -0.2) is 4.79 Å². The third-order valence-electron chi connectivity index (χ3n) is 1.71. The molecule has 1 N–H and O–H groups in total. The number of carboxylic acid groups (broad SMARTS) is 1. The molecule has 0 bridgehead atoms. The molecule has 0 aromatic heterocycles. The van der Waals surface area contributed by atoms with Crippen molar-refractivity contribution in [1.82, 2.24) is 4.90 Å². The van der Waals surface area contributed by atoms with Gasteiger partial charge in [-0.3, -0.25) is 0 Å². The molecule has 0 rings (SSSR count). The van der Waals surface area contributed by atoms with Crippen molar-refractivity contribution in [2.75, 3.05) is 20.6 Å². The summed E-state index contributed by atoms with van der Waals surface area (Å²) in [5.74, 6) is -1.56. The minimum Gasteiger partial charge on any atom is -0.478 e. The third kappa shape index (κ3) is 6.96. The number of aliphatic carboxylic acids is 1. The highest BCUT2D eigenvalue weighted by molar-refractivity contribution is 5.80. The number of hydrogen-bond donors (Lipinski definition) is 1. The predicted molar refractivity (Wildman–Crippen MR) is 49.6 cm³/mol. The lowest BCUT2D eigenvalue weighted by Crippen LogP contribution is -2.17. The molecule has 0 aliphatic rings. The number of nitrogens with zero attached hydrogens (tertiary/aromatic N) is 1. The number of allylic oxidation sites excluding steroid dienone is 1. The van der Waals surface area contributed by atoms with Crippen LogP contribution in [0.25, 0.3) is 0 Å². The minimum absolute atomic E-state index is 0.232. The SMILES string of the molecule is CN(C)CCC/C(=C\C(=O)O)C(F)(F)F. The van der Waals surface area contributed by atoms with Crippen molar-refractivity contribution in [3.8, 4) is 0 Å². The Morgan fingerprint density at radius 2 is 1.93 bits per heavy atom. The van der Waals surface area contributed by atoms with Crippen LogP contribution < -0.4 is 0 Å². The summed E-state index contributed by atoms with van der Waals surface area (Å²) in [6.07, 6.45) is -4.31. The van der Waals surface area contributed by atoms with E-state index in [0.29, 0.717) is 6.54 Å². The van der Waals surface area contributed by atoms with Gasteiger partial charge in [0.15, 0.2) is 0 Å². The quantitative estimate of drug-likeness (QED) is 0.726. The van der Waals surface area contributed by atoms with Crippen LogP contribution in [0.1, 0.15) is 12.8 Å². The standard InChI is InChI=1S/C9H14F3NO2/c1-13(2)5-3-4-7(6-8(14)15)9(10,11)12/h6H,3-5H2,1-2H3,(H,14,15)/b7-6+. The molecule has 0 aromatic rings. The molecule has 0 heterocycles. The summed E-state index contributed by atoms with van der Waals surface area (Å²) in [6.45, 7) is 0.493. The van der Waals surface area contributed by atoms with Crippen molar-refractivity contribution >= 4 is 5.97 Å². The Hall–Kier alpha value is -1.04. The molecular formula is C9H14F3NO2. The molecule has 0 unspecified atom stereocenters. The van der Waals surface area contributed by atoms with Crippen LogP contribution in [0.2, 0.25) is 0 Å². The van der Waals surface area contributed by atoms with Gasteiger partial charge in [0.25, 0.3) is 0 Å². The molecule has 0 aromatic carbocycles. The van der Waals surface area contributed by atoms with Crippen molar-refractivity contribution in [3.05, 3.63) is 11.6 Å². The summed E-state index contributed by atoms with van der Waals surface area (Å²) in [6, 6.07) is 0. The minimum atomic E-state index is -4.55. The molecule has 0 saturated heterocycles. The zero-order valence-electron chi connectivity index (χ0n) is 8.64.